The summed E-state index contributed by atoms with van der Waals surface area (Å²) in [7, 11) is 0. The second-order valence-electron chi connectivity index (χ2n) is 7.92. The molecule has 1 aliphatic carbocycles. The molecule has 0 aromatic heterocycles. The SMILES string of the molecule is CC1CN(C(=O)Nc2cc(F)ccc2OCC2CC2)CC1N1CCOCC1. The van der Waals surface area contributed by atoms with Crippen molar-refractivity contribution < 1.29 is 18.7 Å². The molecule has 7 heteroatoms. The smallest absolute Gasteiger partial charge is 0.322 e. The van der Waals surface area contributed by atoms with Crippen LogP contribution in [-0.2, 0) is 4.74 Å². The van der Waals surface area contributed by atoms with Gasteiger partial charge < -0.3 is 19.7 Å². The molecule has 2 atom stereocenters. The highest BCUT2D eigenvalue weighted by molar-refractivity contribution is 5.91. The number of hydrogen-bond acceptors (Lipinski definition) is 4. The molecule has 1 saturated carbocycles. The summed E-state index contributed by atoms with van der Waals surface area (Å²) >= 11 is 0. The Morgan fingerprint density at radius 3 is 2.81 bits per heavy atom. The summed E-state index contributed by atoms with van der Waals surface area (Å²) in [5.74, 6) is 1.14. The predicted octanol–water partition coefficient (Wildman–Crippen LogP) is 2.80. The van der Waals surface area contributed by atoms with Crippen LogP contribution in [0.4, 0.5) is 14.9 Å². The van der Waals surface area contributed by atoms with Gasteiger partial charge in [-0.15, -0.1) is 0 Å². The van der Waals surface area contributed by atoms with Crippen molar-refractivity contribution in [2.45, 2.75) is 25.8 Å². The highest BCUT2D eigenvalue weighted by Crippen LogP contribution is 2.32. The van der Waals surface area contributed by atoms with E-state index >= 15 is 0 Å². The summed E-state index contributed by atoms with van der Waals surface area (Å²) in [5.41, 5.74) is 0.406. The predicted molar refractivity (Wildman–Crippen MR) is 101 cm³/mol. The van der Waals surface area contributed by atoms with Gasteiger partial charge in [0.1, 0.15) is 11.6 Å². The van der Waals surface area contributed by atoms with E-state index in [1.807, 2.05) is 4.90 Å². The Kier molecular flexibility index (Phi) is 5.50. The normalized spacial score (nSPS) is 26.2. The highest BCUT2D eigenvalue weighted by atomic mass is 19.1. The van der Waals surface area contributed by atoms with Gasteiger partial charge in [0, 0.05) is 38.3 Å². The van der Waals surface area contributed by atoms with Gasteiger partial charge in [-0.2, -0.15) is 0 Å². The number of hydrogen-bond donors (Lipinski definition) is 1. The summed E-state index contributed by atoms with van der Waals surface area (Å²) in [6.07, 6.45) is 2.36. The number of rotatable bonds is 5. The zero-order chi connectivity index (χ0) is 18.8. The van der Waals surface area contributed by atoms with Gasteiger partial charge in [0.15, 0.2) is 0 Å². The average molecular weight is 377 g/mol. The summed E-state index contributed by atoms with van der Waals surface area (Å²) in [6.45, 7) is 7.50. The molecule has 3 aliphatic rings. The van der Waals surface area contributed by atoms with Crippen molar-refractivity contribution in [1.82, 2.24) is 9.80 Å². The molecule has 0 radical (unpaired) electrons. The molecule has 1 N–H and O–H groups in total. The van der Waals surface area contributed by atoms with Gasteiger partial charge in [0.2, 0.25) is 0 Å². The molecule has 0 spiro atoms. The number of halogens is 1. The van der Waals surface area contributed by atoms with Crippen LogP contribution in [0.15, 0.2) is 18.2 Å². The van der Waals surface area contributed by atoms with Crippen molar-refractivity contribution in [3.63, 3.8) is 0 Å². The first kappa shape index (κ1) is 18.5. The molecular formula is C20H28FN3O3. The number of carbonyl (C=O) groups is 1. The minimum atomic E-state index is -0.384. The molecule has 2 heterocycles. The van der Waals surface area contributed by atoms with Gasteiger partial charge in [0.25, 0.3) is 0 Å². The van der Waals surface area contributed by atoms with Crippen molar-refractivity contribution in [3.05, 3.63) is 24.0 Å². The van der Waals surface area contributed by atoms with Gasteiger partial charge in [-0.1, -0.05) is 6.92 Å². The first-order valence-corrected chi connectivity index (χ1v) is 9.90. The Morgan fingerprint density at radius 2 is 2.07 bits per heavy atom. The summed E-state index contributed by atoms with van der Waals surface area (Å²) in [5, 5.41) is 2.86. The van der Waals surface area contributed by atoms with Crippen LogP contribution in [0, 0.1) is 17.7 Å². The van der Waals surface area contributed by atoms with Crippen LogP contribution in [0.3, 0.4) is 0 Å². The fourth-order valence-corrected chi connectivity index (χ4v) is 3.91. The molecule has 2 amide bonds. The van der Waals surface area contributed by atoms with Gasteiger partial charge in [-0.3, -0.25) is 4.90 Å². The van der Waals surface area contributed by atoms with Gasteiger partial charge in [-0.05, 0) is 36.8 Å². The summed E-state index contributed by atoms with van der Waals surface area (Å²) in [6, 6.07) is 4.44. The average Bonchev–Trinajstić information content (AvgIpc) is 3.41. The third kappa shape index (κ3) is 4.52. The lowest BCUT2D eigenvalue weighted by Crippen LogP contribution is -2.47. The Morgan fingerprint density at radius 1 is 1.30 bits per heavy atom. The Balaban J connectivity index is 1.39. The maximum atomic E-state index is 13.7. The Labute approximate surface area is 159 Å². The lowest BCUT2D eigenvalue weighted by Gasteiger charge is -2.33. The largest absolute Gasteiger partial charge is 0.491 e. The van der Waals surface area contributed by atoms with Crippen LogP contribution in [0.25, 0.3) is 0 Å². The molecule has 2 unspecified atom stereocenters. The zero-order valence-electron chi connectivity index (χ0n) is 15.8. The van der Waals surface area contributed by atoms with Gasteiger partial charge in [0.05, 0.1) is 25.5 Å². The van der Waals surface area contributed by atoms with E-state index in [0.29, 0.717) is 49.0 Å². The first-order chi connectivity index (χ1) is 13.1. The summed E-state index contributed by atoms with van der Waals surface area (Å²) in [4.78, 5) is 17.0. The maximum Gasteiger partial charge on any atom is 0.322 e. The molecule has 6 nitrogen and oxygen atoms in total. The molecule has 0 bridgehead atoms. The number of ether oxygens (including phenoxy) is 2. The minimum absolute atomic E-state index is 0.195. The Hall–Kier alpha value is -1.86. The fraction of sp³-hybridized carbons (Fsp3) is 0.650. The second kappa shape index (κ2) is 8.02. The fourth-order valence-electron chi connectivity index (χ4n) is 3.91. The lowest BCUT2D eigenvalue weighted by molar-refractivity contribution is 0.0123. The topological polar surface area (TPSA) is 54.0 Å². The van der Waals surface area contributed by atoms with Crippen molar-refractivity contribution in [2.24, 2.45) is 11.8 Å². The molecule has 2 aliphatic heterocycles. The van der Waals surface area contributed by atoms with E-state index in [4.69, 9.17) is 9.47 Å². The molecule has 2 saturated heterocycles. The molecule has 148 valence electrons. The van der Waals surface area contributed by atoms with E-state index in [1.165, 1.54) is 25.0 Å². The van der Waals surface area contributed by atoms with Crippen LogP contribution in [-0.4, -0.2) is 67.9 Å². The van der Waals surface area contributed by atoms with E-state index in [2.05, 4.69) is 17.1 Å². The number of anilines is 1. The molecule has 27 heavy (non-hydrogen) atoms. The van der Waals surface area contributed by atoms with Crippen LogP contribution >= 0.6 is 0 Å². The highest BCUT2D eigenvalue weighted by Gasteiger charge is 2.36. The first-order valence-electron chi connectivity index (χ1n) is 9.90. The van der Waals surface area contributed by atoms with Gasteiger partial charge in [-0.25, -0.2) is 9.18 Å². The third-order valence-electron chi connectivity index (χ3n) is 5.73. The van der Waals surface area contributed by atoms with E-state index in [-0.39, 0.29) is 11.8 Å². The van der Waals surface area contributed by atoms with Crippen LogP contribution in [0.2, 0.25) is 0 Å². The molecular weight excluding hydrogens is 349 g/mol. The number of nitrogens with one attached hydrogen (secondary N) is 1. The molecule has 4 rings (SSSR count). The number of amides is 2. The van der Waals surface area contributed by atoms with Crippen molar-refractivity contribution in [2.75, 3.05) is 51.3 Å². The quantitative estimate of drug-likeness (QED) is 0.857. The van der Waals surface area contributed by atoms with E-state index < -0.39 is 0 Å². The number of morpholine rings is 1. The number of carbonyl (C=O) groups excluding carboxylic acids is 1. The maximum absolute atomic E-state index is 13.7. The Bertz CT molecular complexity index is 676. The third-order valence-corrected chi connectivity index (χ3v) is 5.73. The summed E-state index contributed by atoms with van der Waals surface area (Å²) < 4.78 is 24.9. The van der Waals surface area contributed by atoms with Crippen LogP contribution in [0.5, 0.6) is 5.75 Å². The zero-order valence-corrected chi connectivity index (χ0v) is 15.8. The number of benzene rings is 1. The number of nitrogens with zero attached hydrogens (tertiary/aromatic N) is 2. The van der Waals surface area contributed by atoms with E-state index in [0.717, 1.165) is 26.3 Å². The number of urea groups is 1. The molecule has 3 fully saturated rings. The van der Waals surface area contributed by atoms with E-state index in [1.54, 1.807) is 6.07 Å². The number of likely N-dealkylation sites (tertiary alicyclic amines) is 1. The van der Waals surface area contributed by atoms with Crippen molar-refractivity contribution >= 4 is 11.7 Å². The van der Waals surface area contributed by atoms with Crippen LogP contribution < -0.4 is 10.1 Å². The molecule has 1 aromatic rings. The van der Waals surface area contributed by atoms with Gasteiger partial charge >= 0.3 is 6.03 Å². The standard InChI is InChI=1S/C20H28FN3O3/c1-14-11-24(12-18(14)23-6-8-26-9-7-23)20(25)22-17-10-16(21)4-5-19(17)27-13-15-2-3-15/h4-5,10,14-15,18H,2-3,6-9,11-13H2,1H3,(H,22,25). The van der Waals surface area contributed by atoms with Crippen LogP contribution in [0.1, 0.15) is 19.8 Å². The van der Waals surface area contributed by atoms with Crippen molar-refractivity contribution in [3.8, 4) is 5.75 Å². The van der Waals surface area contributed by atoms with Crippen molar-refractivity contribution in [1.29, 1.82) is 0 Å². The minimum Gasteiger partial charge on any atom is -0.491 e. The van der Waals surface area contributed by atoms with E-state index in [9.17, 15) is 9.18 Å². The molecule has 1 aromatic carbocycles. The monoisotopic (exact) mass is 377 g/mol. The lowest BCUT2D eigenvalue weighted by atomic mass is 10.0. The second-order valence-corrected chi connectivity index (χ2v) is 7.92.